The highest BCUT2D eigenvalue weighted by atomic mass is 19.1. The minimum absolute atomic E-state index is 0.0281. The maximum absolute atomic E-state index is 15.4. The maximum Gasteiger partial charge on any atom is 0.307 e. The van der Waals surface area contributed by atoms with Crippen molar-refractivity contribution in [2.24, 2.45) is 5.41 Å². The number of amides is 1. The van der Waals surface area contributed by atoms with Crippen LogP contribution in [0.2, 0.25) is 0 Å². The molecule has 0 unspecified atom stereocenters. The molecule has 1 spiro atoms. The van der Waals surface area contributed by atoms with Crippen LogP contribution in [0, 0.1) is 25.1 Å². The summed E-state index contributed by atoms with van der Waals surface area (Å²) in [6.45, 7) is 5.71. The van der Waals surface area contributed by atoms with Gasteiger partial charge in [-0.3, -0.25) is 14.6 Å². The van der Waals surface area contributed by atoms with Crippen molar-refractivity contribution in [3.05, 3.63) is 82.4 Å². The summed E-state index contributed by atoms with van der Waals surface area (Å²) >= 11 is 0. The Kier molecular flexibility index (Phi) is 7.19. The molecule has 0 radical (unpaired) electrons. The predicted molar refractivity (Wildman–Crippen MR) is 146 cm³/mol. The first-order chi connectivity index (χ1) is 18.3. The Morgan fingerprint density at radius 3 is 2.34 bits per heavy atom. The van der Waals surface area contributed by atoms with Gasteiger partial charge in [-0.15, -0.1) is 0 Å². The normalized spacial score (nSPS) is 16.2. The lowest BCUT2D eigenvalue weighted by molar-refractivity contribution is -0.136. The average molecular weight is 516 g/mol. The molecule has 1 amide bonds. The van der Waals surface area contributed by atoms with Crippen molar-refractivity contribution in [3.8, 4) is 11.1 Å². The number of aliphatic carboxylic acids is 1. The highest BCUT2D eigenvalue weighted by Crippen LogP contribution is 2.50. The molecule has 5 rings (SSSR count). The summed E-state index contributed by atoms with van der Waals surface area (Å²) in [7, 11) is 0. The summed E-state index contributed by atoms with van der Waals surface area (Å²) in [4.78, 5) is 31.5. The van der Waals surface area contributed by atoms with E-state index in [1.165, 1.54) is 31.4 Å². The molecule has 1 aliphatic heterocycles. The first-order valence-electron chi connectivity index (χ1n) is 13.4. The number of halogens is 1. The Morgan fingerprint density at radius 1 is 1.03 bits per heavy atom. The van der Waals surface area contributed by atoms with Crippen LogP contribution >= 0.6 is 0 Å². The van der Waals surface area contributed by atoms with Gasteiger partial charge in [-0.25, -0.2) is 4.39 Å². The van der Waals surface area contributed by atoms with Gasteiger partial charge in [0.05, 0.1) is 17.7 Å². The number of benzene rings is 2. The Hall–Kier alpha value is -3.74. The van der Waals surface area contributed by atoms with Crippen molar-refractivity contribution in [2.45, 2.75) is 58.9 Å². The van der Waals surface area contributed by atoms with Gasteiger partial charge in [0.25, 0.3) is 5.91 Å². The molecule has 0 bridgehead atoms. The standard InChI is InChI=1S/C31H34FN3O3/c1-20-25(18-27(36)37)29(35-15-13-31(14-16-35)11-6-12-31)28(21(2)34-20)23-9-10-24(26(32)17-23)30(38)33-19-22-7-4-3-5-8-22/h3-5,7-10,17H,6,11-16,18-19H2,1-2H3,(H,33,38)(H,36,37). The second-order valence-electron chi connectivity index (χ2n) is 10.8. The number of hydrogen-bond acceptors (Lipinski definition) is 4. The molecular formula is C31H34FN3O3. The number of aryl methyl sites for hydroxylation is 2. The van der Waals surface area contributed by atoms with E-state index in [1.54, 1.807) is 6.07 Å². The van der Waals surface area contributed by atoms with Crippen molar-refractivity contribution in [1.82, 2.24) is 10.3 Å². The molecule has 2 N–H and O–H groups in total. The molecule has 2 fully saturated rings. The van der Waals surface area contributed by atoms with E-state index in [2.05, 4.69) is 15.2 Å². The highest BCUT2D eigenvalue weighted by Gasteiger charge is 2.40. The van der Waals surface area contributed by atoms with E-state index in [0.29, 0.717) is 28.8 Å². The number of carbonyl (C=O) groups excluding carboxylic acids is 1. The first kappa shape index (κ1) is 25.9. The van der Waals surface area contributed by atoms with Gasteiger partial charge in [0.2, 0.25) is 0 Å². The zero-order valence-electron chi connectivity index (χ0n) is 22.0. The molecule has 7 heteroatoms. The molecule has 3 aromatic rings. The van der Waals surface area contributed by atoms with Gasteiger partial charge in [0.1, 0.15) is 5.82 Å². The predicted octanol–water partition coefficient (Wildman–Crippen LogP) is 5.83. The van der Waals surface area contributed by atoms with Crippen LogP contribution in [0.15, 0.2) is 48.5 Å². The number of carboxylic acid groups (broad SMARTS) is 1. The molecule has 6 nitrogen and oxygen atoms in total. The van der Waals surface area contributed by atoms with E-state index >= 15 is 4.39 Å². The minimum atomic E-state index is -0.921. The van der Waals surface area contributed by atoms with E-state index in [0.717, 1.165) is 48.4 Å². The number of nitrogens with one attached hydrogen (secondary N) is 1. The molecule has 0 atom stereocenters. The van der Waals surface area contributed by atoms with Gasteiger partial charge >= 0.3 is 5.97 Å². The molecule has 1 aromatic heterocycles. The number of nitrogens with zero attached hydrogens (tertiary/aromatic N) is 2. The van der Waals surface area contributed by atoms with Crippen LogP contribution < -0.4 is 10.2 Å². The van der Waals surface area contributed by atoms with E-state index < -0.39 is 17.7 Å². The molecule has 2 aromatic carbocycles. The summed E-state index contributed by atoms with van der Waals surface area (Å²) in [5.41, 5.74) is 5.59. The number of carbonyl (C=O) groups is 2. The largest absolute Gasteiger partial charge is 0.481 e. The Labute approximate surface area is 222 Å². The molecule has 1 saturated carbocycles. The third kappa shape index (κ3) is 5.15. The first-order valence-corrected chi connectivity index (χ1v) is 13.4. The van der Waals surface area contributed by atoms with Gasteiger partial charge < -0.3 is 15.3 Å². The SMILES string of the molecule is Cc1nc(C)c(-c2ccc(C(=O)NCc3ccccc3)c(F)c2)c(N2CCC3(CCC3)CC2)c1CC(=O)O. The number of aromatic nitrogens is 1. The lowest BCUT2D eigenvalue weighted by atomic mass is 9.63. The zero-order valence-corrected chi connectivity index (χ0v) is 22.0. The molecule has 1 aliphatic carbocycles. The molecule has 2 heterocycles. The molecule has 38 heavy (non-hydrogen) atoms. The van der Waals surface area contributed by atoms with Crippen LogP contribution in [0.4, 0.5) is 10.1 Å². The molecule has 198 valence electrons. The van der Waals surface area contributed by atoms with Crippen molar-refractivity contribution in [3.63, 3.8) is 0 Å². The summed E-state index contributed by atoms with van der Waals surface area (Å²) < 4.78 is 15.4. The van der Waals surface area contributed by atoms with Gasteiger partial charge in [0, 0.05) is 42.1 Å². The van der Waals surface area contributed by atoms with Crippen LogP contribution in [0.5, 0.6) is 0 Å². The number of pyridine rings is 1. The Bertz CT molecular complexity index is 1360. The lowest BCUT2D eigenvalue weighted by Gasteiger charge is -2.49. The number of rotatable bonds is 7. The summed E-state index contributed by atoms with van der Waals surface area (Å²) in [6, 6.07) is 14.1. The Balaban J connectivity index is 1.49. The molecule has 2 aliphatic rings. The van der Waals surface area contributed by atoms with Crippen molar-refractivity contribution < 1.29 is 19.1 Å². The number of anilines is 1. The summed E-state index contributed by atoms with van der Waals surface area (Å²) in [5.74, 6) is -2.02. The Morgan fingerprint density at radius 2 is 1.74 bits per heavy atom. The van der Waals surface area contributed by atoms with Crippen LogP contribution in [-0.4, -0.2) is 35.1 Å². The fourth-order valence-electron chi connectivity index (χ4n) is 6.04. The summed E-state index contributed by atoms with van der Waals surface area (Å²) in [5, 5.41) is 12.5. The third-order valence-corrected chi connectivity index (χ3v) is 8.34. The number of carboxylic acids is 1. The topological polar surface area (TPSA) is 82.5 Å². The smallest absolute Gasteiger partial charge is 0.307 e. The van der Waals surface area contributed by atoms with Gasteiger partial charge in [-0.05, 0) is 68.2 Å². The second kappa shape index (κ2) is 10.6. The number of hydrogen-bond donors (Lipinski definition) is 2. The summed E-state index contributed by atoms with van der Waals surface area (Å²) in [6.07, 6.45) is 5.83. The minimum Gasteiger partial charge on any atom is -0.481 e. The van der Waals surface area contributed by atoms with E-state index in [1.807, 2.05) is 44.2 Å². The van der Waals surface area contributed by atoms with Crippen molar-refractivity contribution in [1.29, 1.82) is 0 Å². The van der Waals surface area contributed by atoms with Gasteiger partial charge in [-0.1, -0.05) is 42.8 Å². The van der Waals surface area contributed by atoms with E-state index in [9.17, 15) is 14.7 Å². The zero-order chi connectivity index (χ0) is 26.9. The quantitative estimate of drug-likeness (QED) is 0.414. The van der Waals surface area contributed by atoms with E-state index in [-0.39, 0.29) is 12.0 Å². The van der Waals surface area contributed by atoms with Crippen LogP contribution in [-0.2, 0) is 17.8 Å². The highest BCUT2D eigenvalue weighted by molar-refractivity contribution is 5.95. The number of piperidine rings is 1. The second-order valence-corrected chi connectivity index (χ2v) is 10.8. The van der Waals surface area contributed by atoms with Crippen LogP contribution in [0.3, 0.4) is 0 Å². The average Bonchev–Trinajstić information content (AvgIpc) is 2.88. The fourth-order valence-corrected chi connectivity index (χ4v) is 6.04. The molecule has 1 saturated heterocycles. The van der Waals surface area contributed by atoms with Crippen LogP contribution in [0.1, 0.15) is 65.0 Å². The van der Waals surface area contributed by atoms with Gasteiger partial charge in [0.15, 0.2) is 0 Å². The van der Waals surface area contributed by atoms with E-state index in [4.69, 9.17) is 0 Å². The molecular weight excluding hydrogens is 481 g/mol. The fraction of sp³-hybridized carbons (Fsp3) is 0.387. The lowest BCUT2D eigenvalue weighted by Crippen LogP contribution is -2.44. The van der Waals surface area contributed by atoms with Gasteiger partial charge in [-0.2, -0.15) is 0 Å². The van der Waals surface area contributed by atoms with Crippen molar-refractivity contribution in [2.75, 3.05) is 18.0 Å². The maximum atomic E-state index is 15.4. The monoisotopic (exact) mass is 515 g/mol. The van der Waals surface area contributed by atoms with Crippen molar-refractivity contribution >= 4 is 17.6 Å². The van der Waals surface area contributed by atoms with Crippen LogP contribution in [0.25, 0.3) is 11.1 Å². The third-order valence-electron chi connectivity index (χ3n) is 8.34.